The number of nitriles is 1. The molecular formula is C15H18F2N2. The van der Waals surface area contributed by atoms with Crippen molar-refractivity contribution < 1.29 is 8.78 Å². The minimum absolute atomic E-state index is 0.00840. The Bertz CT molecular complexity index is 494. The van der Waals surface area contributed by atoms with Crippen molar-refractivity contribution in [1.29, 1.82) is 5.26 Å². The molecule has 2 rings (SSSR count). The van der Waals surface area contributed by atoms with E-state index in [4.69, 9.17) is 0 Å². The molecule has 4 heteroatoms. The Labute approximate surface area is 112 Å². The van der Waals surface area contributed by atoms with E-state index >= 15 is 0 Å². The first-order chi connectivity index (χ1) is 8.81. The SMILES string of the molecule is CC(C)(C)N1C[C@@H](c2cc(F)cc(F)c2)CC1C#N. The van der Waals surface area contributed by atoms with Crippen LogP contribution in [0.1, 0.15) is 38.7 Å². The van der Waals surface area contributed by atoms with Crippen LogP contribution in [0, 0.1) is 23.0 Å². The maximum Gasteiger partial charge on any atom is 0.126 e. The van der Waals surface area contributed by atoms with E-state index in [1.165, 1.54) is 12.1 Å². The molecule has 0 spiro atoms. The Morgan fingerprint density at radius 2 is 1.79 bits per heavy atom. The second kappa shape index (κ2) is 4.90. The molecule has 1 aliphatic rings. The Morgan fingerprint density at radius 1 is 1.21 bits per heavy atom. The monoisotopic (exact) mass is 264 g/mol. The average molecular weight is 264 g/mol. The molecule has 19 heavy (non-hydrogen) atoms. The molecule has 1 saturated heterocycles. The quantitative estimate of drug-likeness (QED) is 0.777. The molecule has 1 aromatic carbocycles. The van der Waals surface area contributed by atoms with Crippen molar-refractivity contribution >= 4 is 0 Å². The Morgan fingerprint density at radius 3 is 2.21 bits per heavy atom. The molecule has 0 saturated carbocycles. The molecule has 1 heterocycles. The molecule has 0 N–H and O–H groups in total. The summed E-state index contributed by atoms with van der Waals surface area (Å²) < 4.78 is 26.5. The minimum Gasteiger partial charge on any atom is -0.282 e. The smallest absolute Gasteiger partial charge is 0.126 e. The average Bonchev–Trinajstić information content (AvgIpc) is 2.71. The van der Waals surface area contributed by atoms with E-state index < -0.39 is 11.6 Å². The lowest BCUT2D eigenvalue weighted by Crippen LogP contribution is -2.44. The number of rotatable bonds is 1. The van der Waals surface area contributed by atoms with Crippen molar-refractivity contribution in [3.8, 4) is 6.07 Å². The summed E-state index contributed by atoms with van der Waals surface area (Å²) in [5.41, 5.74) is 0.519. The Hall–Kier alpha value is -1.47. The molecule has 2 atom stereocenters. The molecular weight excluding hydrogens is 246 g/mol. The second-order valence-corrected chi connectivity index (χ2v) is 6.10. The van der Waals surface area contributed by atoms with Crippen molar-refractivity contribution in [2.45, 2.75) is 44.7 Å². The molecule has 102 valence electrons. The third kappa shape index (κ3) is 2.93. The van der Waals surface area contributed by atoms with Crippen LogP contribution in [-0.2, 0) is 0 Å². The van der Waals surface area contributed by atoms with E-state index in [2.05, 4.69) is 11.0 Å². The van der Waals surface area contributed by atoms with Crippen LogP contribution in [0.25, 0.3) is 0 Å². The van der Waals surface area contributed by atoms with Gasteiger partial charge in [-0.25, -0.2) is 8.78 Å². The van der Waals surface area contributed by atoms with Gasteiger partial charge in [0.15, 0.2) is 0 Å². The van der Waals surface area contributed by atoms with Gasteiger partial charge in [0.1, 0.15) is 11.6 Å². The molecule has 0 bridgehead atoms. The summed E-state index contributed by atoms with van der Waals surface area (Å²) >= 11 is 0. The molecule has 1 fully saturated rings. The molecule has 0 amide bonds. The maximum atomic E-state index is 13.3. The minimum atomic E-state index is -0.558. The van der Waals surface area contributed by atoms with E-state index in [0.29, 0.717) is 18.5 Å². The summed E-state index contributed by atoms with van der Waals surface area (Å²) in [6.45, 7) is 6.80. The summed E-state index contributed by atoms with van der Waals surface area (Å²) in [5.74, 6) is -1.11. The maximum absolute atomic E-state index is 13.3. The highest BCUT2D eigenvalue weighted by molar-refractivity contribution is 5.25. The molecule has 0 aliphatic carbocycles. The van der Waals surface area contributed by atoms with Crippen molar-refractivity contribution in [3.63, 3.8) is 0 Å². The number of nitrogens with zero attached hydrogens (tertiary/aromatic N) is 2. The van der Waals surface area contributed by atoms with Gasteiger partial charge in [-0.05, 0) is 50.8 Å². The zero-order valence-corrected chi connectivity index (χ0v) is 11.5. The molecule has 1 aromatic rings. The van der Waals surface area contributed by atoms with Crippen LogP contribution in [0.3, 0.4) is 0 Å². The number of benzene rings is 1. The standard InChI is InChI=1S/C15H18F2N2/c1-15(2,3)19-9-11(6-14(19)8-18)10-4-12(16)7-13(17)5-10/h4-5,7,11,14H,6,9H2,1-3H3/t11-,14?/m0/s1. The number of likely N-dealkylation sites (tertiary alicyclic amines) is 1. The summed E-state index contributed by atoms with van der Waals surface area (Å²) in [6, 6.07) is 5.71. The topological polar surface area (TPSA) is 27.0 Å². The van der Waals surface area contributed by atoms with Crippen LogP contribution in [0.5, 0.6) is 0 Å². The first kappa shape index (κ1) is 14.0. The van der Waals surface area contributed by atoms with E-state index in [1.807, 2.05) is 20.8 Å². The lowest BCUT2D eigenvalue weighted by molar-refractivity contribution is 0.145. The van der Waals surface area contributed by atoms with Crippen molar-refractivity contribution in [2.24, 2.45) is 0 Å². The van der Waals surface area contributed by atoms with Gasteiger partial charge in [0.2, 0.25) is 0 Å². The number of halogens is 2. The van der Waals surface area contributed by atoms with Crippen LogP contribution < -0.4 is 0 Å². The third-order valence-corrected chi connectivity index (χ3v) is 3.67. The lowest BCUT2D eigenvalue weighted by atomic mass is 9.96. The predicted octanol–water partition coefficient (Wildman–Crippen LogP) is 3.44. The van der Waals surface area contributed by atoms with Gasteiger partial charge < -0.3 is 0 Å². The van der Waals surface area contributed by atoms with Crippen LogP contribution >= 0.6 is 0 Å². The first-order valence-corrected chi connectivity index (χ1v) is 6.43. The predicted molar refractivity (Wildman–Crippen MR) is 69.6 cm³/mol. The molecule has 2 nitrogen and oxygen atoms in total. The van der Waals surface area contributed by atoms with Gasteiger partial charge in [0, 0.05) is 18.2 Å². The second-order valence-electron chi connectivity index (χ2n) is 6.10. The zero-order chi connectivity index (χ0) is 14.2. The van der Waals surface area contributed by atoms with Crippen LogP contribution in [0.4, 0.5) is 8.78 Å². The van der Waals surface area contributed by atoms with Crippen LogP contribution in [0.15, 0.2) is 18.2 Å². The highest BCUT2D eigenvalue weighted by Gasteiger charge is 2.38. The summed E-state index contributed by atoms with van der Waals surface area (Å²) in [6.07, 6.45) is 0.622. The van der Waals surface area contributed by atoms with Crippen molar-refractivity contribution in [1.82, 2.24) is 4.90 Å². The molecule has 0 radical (unpaired) electrons. The van der Waals surface area contributed by atoms with Crippen molar-refractivity contribution in [2.75, 3.05) is 6.54 Å². The van der Waals surface area contributed by atoms with Crippen LogP contribution in [0.2, 0.25) is 0 Å². The Kier molecular flexibility index (Phi) is 3.60. The normalized spacial score (nSPS) is 24.4. The van der Waals surface area contributed by atoms with Gasteiger partial charge in [0.25, 0.3) is 0 Å². The highest BCUT2D eigenvalue weighted by atomic mass is 19.1. The fourth-order valence-corrected chi connectivity index (χ4v) is 2.75. The molecule has 1 unspecified atom stereocenters. The largest absolute Gasteiger partial charge is 0.282 e. The first-order valence-electron chi connectivity index (χ1n) is 6.43. The van der Waals surface area contributed by atoms with Gasteiger partial charge in [0.05, 0.1) is 12.1 Å². The molecule has 0 aromatic heterocycles. The van der Waals surface area contributed by atoms with Gasteiger partial charge in [-0.1, -0.05) is 0 Å². The molecule has 1 aliphatic heterocycles. The summed E-state index contributed by atoms with van der Waals surface area (Å²) in [5, 5.41) is 9.23. The van der Waals surface area contributed by atoms with Crippen LogP contribution in [-0.4, -0.2) is 23.0 Å². The number of hydrogen-bond acceptors (Lipinski definition) is 2. The fourth-order valence-electron chi connectivity index (χ4n) is 2.75. The van der Waals surface area contributed by atoms with E-state index in [9.17, 15) is 14.0 Å². The highest BCUT2D eigenvalue weighted by Crippen LogP contribution is 2.36. The summed E-state index contributed by atoms with van der Waals surface area (Å²) in [4.78, 5) is 2.10. The van der Waals surface area contributed by atoms with E-state index in [-0.39, 0.29) is 17.5 Å². The summed E-state index contributed by atoms with van der Waals surface area (Å²) in [7, 11) is 0. The number of hydrogen-bond donors (Lipinski definition) is 0. The van der Waals surface area contributed by atoms with Gasteiger partial charge in [-0.15, -0.1) is 0 Å². The fraction of sp³-hybridized carbons (Fsp3) is 0.533. The van der Waals surface area contributed by atoms with E-state index in [1.54, 1.807) is 0 Å². The van der Waals surface area contributed by atoms with Gasteiger partial charge in [-0.3, -0.25) is 4.90 Å². The van der Waals surface area contributed by atoms with Crippen molar-refractivity contribution in [3.05, 3.63) is 35.4 Å². The van der Waals surface area contributed by atoms with E-state index in [0.717, 1.165) is 6.07 Å². The third-order valence-electron chi connectivity index (χ3n) is 3.67. The van der Waals surface area contributed by atoms with Gasteiger partial charge in [-0.2, -0.15) is 5.26 Å². The van der Waals surface area contributed by atoms with Gasteiger partial charge >= 0.3 is 0 Å². The zero-order valence-electron chi connectivity index (χ0n) is 11.5. The Balaban J connectivity index is 2.27. The lowest BCUT2D eigenvalue weighted by Gasteiger charge is -2.34.